The molecule has 0 fully saturated rings. The van der Waals surface area contributed by atoms with Crippen molar-refractivity contribution >= 4 is 23.0 Å². The van der Waals surface area contributed by atoms with Crippen LogP contribution in [-0.4, -0.2) is 39.2 Å². The number of ether oxygens (including phenoxy) is 1. The van der Waals surface area contributed by atoms with Crippen LogP contribution in [-0.2, 0) is 4.79 Å². The fraction of sp³-hybridized carbons (Fsp3) is 0.357. The average Bonchev–Trinajstić information content (AvgIpc) is 2.87. The molecule has 112 valence electrons. The molecule has 2 aromatic rings. The van der Waals surface area contributed by atoms with E-state index in [0.29, 0.717) is 29.1 Å². The minimum Gasteiger partial charge on any atom is -0.476 e. The van der Waals surface area contributed by atoms with Gasteiger partial charge in [0.2, 0.25) is 11.8 Å². The van der Waals surface area contributed by atoms with E-state index in [1.807, 2.05) is 13.8 Å². The molecule has 2 rings (SSSR count). The first-order valence-corrected chi connectivity index (χ1v) is 6.46. The van der Waals surface area contributed by atoms with Crippen LogP contribution in [0, 0.1) is 5.41 Å². The van der Waals surface area contributed by atoms with Crippen molar-refractivity contribution in [1.29, 1.82) is 0 Å². The lowest BCUT2D eigenvalue weighted by atomic mass is 9.97. The average molecular weight is 290 g/mol. The van der Waals surface area contributed by atoms with E-state index in [1.165, 1.54) is 12.4 Å². The first-order valence-electron chi connectivity index (χ1n) is 6.46. The SMILES string of the molecule is CC(C)(CO)COc1ncnc2[nH]cc(/C=C/C(N)=O)c12. The van der Waals surface area contributed by atoms with Crippen molar-refractivity contribution in [2.24, 2.45) is 11.1 Å². The Morgan fingerprint density at radius 3 is 2.95 bits per heavy atom. The van der Waals surface area contributed by atoms with Gasteiger partial charge in [-0.2, -0.15) is 0 Å². The molecule has 1 amide bonds. The molecule has 7 heteroatoms. The number of aliphatic hydroxyl groups excluding tert-OH is 1. The Morgan fingerprint density at radius 2 is 2.29 bits per heavy atom. The van der Waals surface area contributed by atoms with Crippen LogP contribution in [0.4, 0.5) is 0 Å². The number of amides is 1. The molecule has 0 unspecified atom stereocenters. The van der Waals surface area contributed by atoms with Crippen molar-refractivity contribution in [3.8, 4) is 5.88 Å². The Morgan fingerprint density at radius 1 is 1.52 bits per heavy atom. The fourth-order valence-corrected chi connectivity index (χ4v) is 1.68. The Hall–Kier alpha value is -2.41. The quantitative estimate of drug-likeness (QED) is 0.682. The lowest BCUT2D eigenvalue weighted by Crippen LogP contribution is -2.25. The monoisotopic (exact) mass is 290 g/mol. The molecule has 7 nitrogen and oxygen atoms in total. The summed E-state index contributed by atoms with van der Waals surface area (Å²) in [4.78, 5) is 22.1. The second-order valence-corrected chi connectivity index (χ2v) is 5.49. The van der Waals surface area contributed by atoms with Gasteiger partial charge < -0.3 is 20.6 Å². The zero-order chi connectivity index (χ0) is 15.5. The van der Waals surface area contributed by atoms with Gasteiger partial charge in [-0.3, -0.25) is 4.79 Å². The van der Waals surface area contributed by atoms with Crippen LogP contribution in [0.3, 0.4) is 0 Å². The normalized spacial score (nSPS) is 12.1. The Balaban J connectivity index is 2.35. The number of nitrogens with zero attached hydrogens (tertiary/aromatic N) is 2. The molecule has 0 aromatic carbocycles. The highest BCUT2D eigenvalue weighted by atomic mass is 16.5. The molecule has 0 aliphatic carbocycles. The second-order valence-electron chi connectivity index (χ2n) is 5.49. The number of fused-ring (bicyclic) bond motifs is 1. The maximum Gasteiger partial charge on any atom is 0.241 e. The topological polar surface area (TPSA) is 114 Å². The largest absolute Gasteiger partial charge is 0.476 e. The van der Waals surface area contributed by atoms with Crippen LogP contribution < -0.4 is 10.5 Å². The number of nitrogens with two attached hydrogens (primary N) is 1. The third kappa shape index (κ3) is 3.57. The number of aromatic nitrogens is 3. The molecule has 0 saturated heterocycles. The Bertz CT molecular complexity index is 676. The standard InChI is InChI=1S/C14H18N4O3/c1-14(2,6-19)7-21-13-11-9(3-4-10(15)20)5-16-12(11)17-8-18-13/h3-5,8,19H,6-7H2,1-2H3,(H2,15,20)(H,16,17,18)/b4-3+. The van der Waals surface area contributed by atoms with Gasteiger partial charge in [-0.05, 0) is 6.08 Å². The molecule has 0 atom stereocenters. The van der Waals surface area contributed by atoms with Crippen molar-refractivity contribution in [3.63, 3.8) is 0 Å². The minimum absolute atomic E-state index is 0.00278. The van der Waals surface area contributed by atoms with Crippen LogP contribution in [0.5, 0.6) is 5.88 Å². The summed E-state index contributed by atoms with van der Waals surface area (Å²) in [6.45, 7) is 4.08. The van der Waals surface area contributed by atoms with Gasteiger partial charge in [0.15, 0.2) is 0 Å². The highest BCUT2D eigenvalue weighted by Crippen LogP contribution is 2.27. The molecular formula is C14H18N4O3. The number of aliphatic hydroxyl groups is 1. The summed E-state index contributed by atoms with van der Waals surface area (Å²) < 4.78 is 5.70. The Kier molecular flexibility index (Phi) is 4.23. The van der Waals surface area contributed by atoms with E-state index in [0.717, 1.165) is 0 Å². The molecule has 0 saturated carbocycles. The lowest BCUT2D eigenvalue weighted by Gasteiger charge is -2.21. The molecule has 2 heterocycles. The first-order chi connectivity index (χ1) is 9.93. The number of carbonyl (C=O) groups is 1. The first kappa shape index (κ1) is 15.0. The van der Waals surface area contributed by atoms with E-state index in [-0.39, 0.29) is 12.0 Å². The summed E-state index contributed by atoms with van der Waals surface area (Å²) >= 11 is 0. The number of rotatable bonds is 6. The number of hydrogen-bond acceptors (Lipinski definition) is 5. The number of hydrogen-bond donors (Lipinski definition) is 3. The van der Waals surface area contributed by atoms with Gasteiger partial charge in [-0.25, -0.2) is 9.97 Å². The van der Waals surface area contributed by atoms with Gasteiger partial charge in [0, 0.05) is 23.3 Å². The summed E-state index contributed by atoms with van der Waals surface area (Å²) in [6.07, 6.45) is 5.93. The molecule has 21 heavy (non-hydrogen) atoms. The van der Waals surface area contributed by atoms with Crippen molar-refractivity contribution in [2.75, 3.05) is 13.2 Å². The summed E-state index contributed by atoms with van der Waals surface area (Å²) in [5.41, 5.74) is 6.03. The highest BCUT2D eigenvalue weighted by molar-refractivity contribution is 5.96. The summed E-state index contributed by atoms with van der Waals surface area (Å²) in [7, 11) is 0. The molecule has 0 aliphatic heterocycles. The predicted molar refractivity (Wildman–Crippen MR) is 78.5 cm³/mol. The van der Waals surface area contributed by atoms with Crippen LogP contribution in [0.15, 0.2) is 18.6 Å². The van der Waals surface area contributed by atoms with E-state index >= 15 is 0 Å². The molecule has 0 spiro atoms. The number of primary amides is 1. The zero-order valence-corrected chi connectivity index (χ0v) is 12.0. The number of H-pyrrole nitrogens is 1. The maximum atomic E-state index is 10.8. The predicted octanol–water partition coefficient (Wildman–Crippen LogP) is 0.854. The van der Waals surface area contributed by atoms with E-state index in [4.69, 9.17) is 10.5 Å². The van der Waals surface area contributed by atoms with E-state index in [9.17, 15) is 9.90 Å². The third-order valence-electron chi connectivity index (χ3n) is 2.92. The van der Waals surface area contributed by atoms with Crippen molar-refractivity contribution < 1.29 is 14.6 Å². The molecule has 0 bridgehead atoms. The smallest absolute Gasteiger partial charge is 0.241 e. The van der Waals surface area contributed by atoms with Crippen LogP contribution >= 0.6 is 0 Å². The fourth-order valence-electron chi connectivity index (χ4n) is 1.68. The van der Waals surface area contributed by atoms with Crippen LogP contribution in [0.25, 0.3) is 17.1 Å². The molecule has 0 radical (unpaired) electrons. The van der Waals surface area contributed by atoms with Crippen molar-refractivity contribution in [2.45, 2.75) is 13.8 Å². The molecule has 2 aromatic heterocycles. The van der Waals surface area contributed by atoms with E-state index in [2.05, 4.69) is 15.0 Å². The zero-order valence-electron chi connectivity index (χ0n) is 12.0. The highest BCUT2D eigenvalue weighted by Gasteiger charge is 2.19. The number of carbonyl (C=O) groups excluding carboxylic acids is 1. The summed E-state index contributed by atoms with van der Waals surface area (Å²) in [5.74, 6) is -0.142. The van der Waals surface area contributed by atoms with Gasteiger partial charge in [0.05, 0.1) is 18.6 Å². The number of nitrogens with one attached hydrogen (secondary N) is 1. The van der Waals surface area contributed by atoms with E-state index in [1.54, 1.807) is 12.3 Å². The second kappa shape index (κ2) is 5.92. The Labute approximate surface area is 121 Å². The van der Waals surface area contributed by atoms with Gasteiger partial charge in [0.25, 0.3) is 0 Å². The summed E-state index contributed by atoms with van der Waals surface area (Å²) in [6, 6.07) is 0. The van der Waals surface area contributed by atoms with Crippen molar-refractivity contribution in [3.05, 3.63) is 24.2 Å². The summed E-state index contributed by atoms with van der Waals surface area (Å²) in [5, 5.41) is 9.93. The van der Waals surface area contributed by atoms with Gasteiger partial charge in [0.1, 0.15) is 12.0 Å². The van der Waals surface area contributed by atoms with Crippen LogP contribution in [0.1, 0.15) is 19.4 Å². The number of aromatic amines is 1. The lowest BCUT2D eigenvalue weighted by molar-refractivity contribution is -0.113. The van der Waals surface area contributed by atoms with E-state index < -0.39 is 5.91 Å². The molecule has 4 N–H and O–H groups in total. The van der Waals surface area contributed by atoms with Crippen molar-refractivity contribution in [1.82, 2.24) is 15.0 Å². The van der Waals surface area contributed by atoms with Gasteiger partial charge in [-0.15, -0.1) is 0 Å². The molecular weight excluding hydrogens is 272 g/mol. The molecule has 0 aliphatic rings. The van der Waals surface area contributed by atoms with Crippen LogP contribution in [0.2, 0.25) is 0 Å². The maximum absolute atomic E-state index is 10.8. The minimum atomic E-state index is -0.537. The third-order valence-corrected chi connectivity index (χ3v) is 2.92. The van der Waals surface area contributed by atoms with Gasteiger partial charge in [-0.1, -0.05) is 13.8 Å². The van der Waals surface area contributed by atoms with Gasteiger partial charge >= 0.3 is 0 Å².